The standard InChI is InChI=1S/C30H28ClF3N8O4/c1-29(2,3)14-30(18-6-4-16(10-20(18)32)21-12-35-8-9-36-21)26(44)41(27(40-30)39-28(45)46)23(13-43)17-5-7-19(31)22(11-17)42-25(24(33)34)37-15-38-42/h4-12,15,23-24,43H,13-14H2,1-3H3,(H,39,40)(H,45,46)/t23-,30-/m1/s1. The Morgan fingerprint density at radius 3 is 2.52 bits per heavy atom. The first-order chi connectivity index (χ1) is 21.8. The number of amides is 2. The molecule has 2 aromatic heterocycles. The van der Waals surface area contributed by atoms with Gasteiger partial charge in [-0.2, -0.15) is 5.10 Å². The number of aliphatic imine (C=N–C) groups is 1. The van der Waals surface area contributed by atoms with Crippen molar-refractivity contribution in [3.8, 4) is 16.9 Å². The van der Waals surface area contributed by atoms with Gasteiger partial charge in [0, 0.05) is 23.5 Å². The molecule has 1 saturated heterocycles. The Bertz CT molecular complexity index is 1820. The van der Waals surface area contributed by atoms with E-state index in [-0.39, 0.29) is 28.3 Å². The van der Waals surface area contributed by atoms with Gasteiger partial charge in [0.05, 0.1) is 35.2 Å². The van der Waals surface area contributed by atoms with Gasteiger partial charge in [-0.1, -0.05) is 50.6 Å². The molecule has 0 unspecified atom stereocenters. The van der Waals surface area contributed by atoms with E-state index in [4.69, 9.17) is 11.6 Å². The average molecular weight is 657 g/mol. The summed E-state index contributed by atoms with van der Waals surface area (Å²) in [7, 11) is 0. The van der Waals surface area contributed by atoms with E-state index in [1.807, 2.05) is 20.8 Å². The van der Waals surface area contributed by atoms with Gasteiger partial charge in [0.25, 0.3) is 12.3 Å². The molecule has 0 radical (unpaired) electrons. The van der Waals surface area contributed by atoms with Crippen molar-refractivity contribution < 1.29 is 33.0 Å². The zero-order chi connectivity index (χ0) is 33.4. The highest BCUT2D eigenvalue weighted by Crippen LogP contribution is 2.44. The molecule has 1 fully saturated rings. The summed E-state index contributed by atoms with van der Waals surface area (Å²) in [4.78, 5) is 42.8. The molecule has 0 saturated carbocycles. The summed E-state index contributed by atoms with van der Waals surface area (Å²) in [5, 5.41) is 27.0. The molecule has 1 aliphatic rings. The van der Waals surface area contributed by atoms with Crippen LogP contribution in [0.4, 0.5) is 18.0 Å². The van der Waals surface area contributed by atoms with Crippen LogP contribution in [0.5, 0.6) is 0 Å². The van der Waals surface area contributed by atoms with Crippen LogP contribution in [0.3, 0.4) is 0 Å². The highest BCUT2D eigenvalue weighted by molar-refractivity contribution is 6.32. The lowest BCUT2D eigenvalue weighted by atomic mass is 9.75. The predicted molar refractivity (Wildman–Crippen MR) is 160 cm³/mol. The molecular weight excluding hydrogens is 629 g/mol. The Balaban J connectivity index is 1.66. The van der Waals surface area contributed by atoms with Crippen LogP contribution in [0.25, 0.3) is 16.9 Å². The fraction of sp³-hybridized carbons (Fsp3) is 0.300. The molecular formula is C30H28ClF3N8O4. The molecule has 0 spiro atoms. The zero-order valence-corrected chi connectivity index (χ0v) is 25.5. The predicted octanol–water partition coefficient (Wildman–Crippen LogP) is 5.29. The average Bonchev–Trinajstić information content (AvgIpc) is 3.58. The Labute approximate surface area is 265 Å². The Kier molecular flexibility index (Phi) is 8.82. The largest absolute Gasteiger partial charge is 0.463 e. The third-order valence-corrected chi connectivity index (χ3v) is 7.58. The normalized spacial score (nSPS) is 18.3. The molecule has 46 heavy (non-hydrogen) atoms. The molecule has 2 atom stereocenters. The number of carboxylic acid groups (broad SMARTS) is 1. The number of rotatable bonds is 8. The minimum absolute atomic E-state index is 0.00508. The number of benzene rings is 2. The molecule has 240 valence electrons. The molecule has 3 N–H and O–H groups in total. The molecule has 1 aliphatic heterocycles. The number of aliphatic hydroxyl groups excluding tert-OH is 1. The number of aromatic nitrogens is 5. The highest BCUT2D eigenvalue weighted by Gasteiger charge is 2.56. The summed E-state index contributed by atoms with van der Waals surface area (Å²) in [6.07, 6.45) is 0.598. The fourth-order valence-electron chi connectivity index (χ4n) is 5.55. The molecule has 12 nitrogen and oxygen atoms in total. The van der Waals surface area contributed by atoms with Crippen molar-refractivity contribution in [3.63, 3.8) is 0 Å². The van der Waals surface area contributed by atoms with E-state index in [9.17, 15) is 28.6 Å². The van der Waals surface area contributed by atoms with E-state index in [0.717, 1.165) is 15.9 Å². The maximum atomic E-state index is 16.1. The van der Waals surface area contributed by atoms with Gasteiger partial charge in [0.2, 0.25) is 5.96 Å². The van der Waals surface area contributed by atoms with E-state index in [0.29, 0.717) is 11.3 Å². The SMILES string of the molecule is CC(C)(C)C[C@]1(c2ccc(-c3cnccn3)cc2F)N/C(=N\C(=O)O)N([C@H](CO)c2ccc(Cl)c(-n3ncnc3C(F)F)c2)C1=O. The summed E-state index contributed by atoms with van der Waals surface area (Å²) >= 11 is 6.33. The number of alkyl halides is 2. The molecule has 3 heterocycles. The van der Waals surface area contributed by atoms with Crippen LogP contribution in [-0.4, -0.2) is 64.4 Å². The van der Waals surface area contributed by atoms with Gasteiger partial charge in [-0.15, -0.1) is 4.99 Å². The minimum atomic E-state index is -3.00. The van der Waals surface area contributed by atoms with Crippen LogP contribution in [0.15, 0.2) is 66.3 Å². The van der Waals surface area contributed by atoms with Crippen LogP contribution in [0, 0.1) is 11.2 Å². The number of nitrogens with one attached hydrogen (secondary N) is 1. The Morgan fingerprint density at radius 1 is 1.15 bits per heavy atom. The summed E-state index contributed by atoms with van der Waals surface area (Å²) in [5.41, 5.74) is -1.71. The fourth-order valence-corrected chi connectivity index (χ4v) is 5.75. The maximum absolute atomic E-state index is 16.1. The summed E-state index contributed by atoms with van der Waals surface area (Å²) < 4.78 is 44.2. The second kappa shape index (κ2) is 12.5. The van der Waals surface area contributed by atoms with Crippen molar-refractivity contribution in [3.05, 3.63) is 89.1 Å². The van der Waals surface area contributed by atoms with Crippen molar-refractivity contribution in [2.24, 2.45) is 10.4 Å². The number of carbonyl (C=O) groups excluding carboxylic acids is 1. The number of hydrogen-bond acceptors (Lipinski definition) is 7. The van der Waals surface area contributed by atoms with Gasteiger partial charge in [-0.05, 0) is 35.6 Å². The Hall–Kier alpha value is -4.89. The number of nitrogens with zero attached hydrogens (tertiary/aromatic N) is 7. The van der Waals surface area contributed by atoms with Gasteiger partial charge >= 0.3 is 6.09 Å². The molecule has 2 amide bonds. The topological polar surface area (TPSA) is 159 Å². The van der Waals surface area contributed by atoms with Crippen LogP contribution < -0.4 is 5.32 Å². The first-order valence-corrected chi connectivity index (χ1v) is 14.2. The van der Waals surface area contributed by atoms with Crippen LogP contribution >= 0.6 is 11.6 Å². The monoisotopic (exact) mass is 656 g/mol. The van der Waals surface area contributed by atoms with Gasteiger partial charge in [0.1, 0.15) is 17.7 Å². The molecule has 2 aromatic carbocycles. The zero-order valence-electron chi connectivity index (χ0n) is 24.7. The van der Waals surface area contributed by atoms with Crippen molar-refractivity contribution in [1.82, 2.24) is 34.9 Å². The van der Waals surface area contributed by atoms with E-state index in [1.54, 1.807) is 6.07 Å². The first kappa shape index (κ1) is 32.5. The summed E-state index contributed by atoms with van der Waals surface area (Å²) in [5.74, 6) is -2.76. The number of aliphatic hydroxyl groups is 1. The number of halogens is 4. The first-order valence-electron chi connectivity index (χ1n) is 13.8. The third-order valence-electron chi connectivity index (χ3n) is 7.26. The lowest BCUT2D eigenvalue weighted by Crippen LogP contribution is -2.47. The van der Waals surface area contributed by atoms with Gasteiger partial charge < -0.3 is 15.5 Å². The summed E-state index contributed by atoms with van der Waals surface area (Å²) in [6.45, 7) is 4.69. The van der Waals surface area contributed by atoms with Gasteiger partial charge in [-0.25, -0.2) is 27.6 Å². The second-order valence-corrected chi connectivity index (χ2v) is 12.1. The number of carbonyl (C=O) groups is 2. The molecule has 0 bridgehead atoms. The van der Waals surface area contributed by atoms with E-state index < -0.39 is 59.6 Å². The van der Waals surface area contributed by atoms with Crippen molar-refractivity contribution >= 4 is 29.6 Å². The van der Waals surface area contributed by atoms with Crippen molar-refractivity contribution in [1.29, 1.82) is 0 Å². The van der Waals surface area contributed by atoms with Gasteiger partial charge in [-0.3, -0.25) is 19.7 Å². The number of hydrogen-bond donors (Lipinski definition) is 3. The van der Waals surface area contributed by atoms with Crippen LogP contribution in [0.1, 0.15) is 56.6 Å². The van der Waals surface area contributed by atoms with Crippen LogP contribution in [0.2, 0.25) is 5.02 Å². The van der Waals surface area contributed by atoms with E-state index >= 15 is 4.39 Å². The third kappa shape index (κ3) is 6.15. The molecule has 0 aliphatic carbocycles. The Morgan fingerprint density at radius 2 is 1.91 bits per heavy atom. The second-order valence-electron chi connectivity index (χ2n) is 11.7. The molecule has 4 aromatic rings. The summed E-state index contributed by atoms with van der Waals surface area (Å²) in [6, 6.07) is 6.93. The molecule has 5 rings (SSSR count). The quantitative estimate of drug-likeness (QED) is 0.229. The highest BCUT2D eigenvalue weighted by atomic mass is 35.5. The van der Waals surface area contributed by atoms with Gasteiger partial charge in [0.15, 0.2) is 5.82 Å². The van der Waals surface area contributed by atoms with Crippen LogP contribution in [-0.2, 0) is 10.3 Å². The minimum Gasteiger partial charge on any atom is -0.463 e. The number of guanidine groups is 1. The van der Waals surface area contributed by atoms with Crippen molar-refractivity contribution in [2.75, 3.05) is 6.61 Å². The lowest BCUT2D eigenvalue weighted by Gasteiger charge is -2.35. The van der Waals surface area contributed by atoms with E-state index in [2.05, 4.69) is 30.4 Å². The molecule has 16 heteroatoms. The smallest absolute Gasteiger partial charge is 0.434 e. The maximum Gasteiger partial charge on any atom is 0.434 e. The lowest BCUT2D eigenvalue weighted by molar-refractivity contribution is -0.135. The van der Waals surface area contributed by atoms with E-state index in [1.165, 1.54) is 48.9 Å². The van der Waals surface area contributed by atoms with Crippen molar-refractivity contribution in [2.45, 2.75) is 45.2 Å².